The average Bonchev–Trinajstić information content (AvgIpc) is 2.99. The van der Waals surface area contributed by atoms with Crippen molar-refractivity contribution >= 4 is 11.3 Å². The summed E-state index contributed by atoms with van der Waals surface area (Å²) in [7, 11) is 1.68. The maximum atomic E-state index is 11.7. The van der Waals surface area contributed by atoms with Gasteiger partial charge in [-0.15, -0.1) is 0 Å². The van der Waals surface area contributed by atoms with E-state index in [4.69, 9.17) is 14.5 Å². The number of hydrogen-bond acceptors (Lipinski definition) is 5. The van der Waals surface area contributed by atoms with E-state index in [9.17, 15) is 5.11 Å². The zero-order chi connectivity index (χ0) is 19.9. The molecule has 3 aromatic rings. The van der Waals surface area contributed by atoms with E-state index in [0.717, 1.165) is 39.4 Å². The number of β-amino-alcohol motifs (C(OH)–C–C–N with tert-alkyl or cyclic N) is 1. The van der Waals surface area contributed by atoms with Gasteiger partial charge < -0.3 is 24.3 Å². The SMILES string of the molecule is CCO[C@H]1c2c(COC)cn3c(C)c(C)nc3c2NC[C@]1(O)c1ccccc1. The van der Waals surface area contributed by atoms with Gasteiger partial charge in [-0.05, 0) is 26.3 Å². The highest BCUT2D eigenvalue weighted by Crippen LogP contribution is 2.47. The summed E-state index contributed by atoms with van der Waals surface area (Å²) in [6.45, 7) is 7.26. The monoisotopic (exact) mass is 381 g/mol. The highest BCUT2D eigenvalue weighted by molar-refractivity contribution is 5.76. The Morgan fingerprint density at radius 2 is 2.04 bits per heavy atom. The molecule has 2 aromatic heterocycles. The summed E-state index contributed by atoms with van der Waals surface area (Å²) < 4.78 is 13.7. The molecule has 3 heterocycles. The van der Waals surface area contributed by atoms with Gasteiger partial charge in [-0.25, -0.2) is 4.98 Å². The standard InChI is InChI=1S/C22H27N3O3/c1-5-28-20-18-16(12-27-4)11-25-15(3)14(2)24-21(25)19(18)23-13-22(20,26)17-9-7-6-8-10-17/h6-11,20,23,26H,5,12-13H2,1-4H3/t20-,22-/m0/s1. The minimum absolute atomic E-state index is 0.339. The predicted octanol–water partition coefficient (Wildman–Crippen LogP) is 3.49. The van der Waals surface area contributed by atoms with Gasteiger partial charge in [-0.1, -0.05) is 30.3 Å². The second kappa shape index (κ2) is 7.20. The Kier molecular flexibility index (Phi) is 4.87. The Balaban J connectivity index is 1.98. The van der Waals surface area contributed by atoms with Crippen LogP contribution >= 0.6 is 0 Å². The summed E-state index contributed by atoms with van der Waals surface area (Å²) in [5.74, 6) is 0. The van der Waals surface area contributed by atoms with Crippen LogP contribution in [0.25, 0.3) is 5.65 Å². The van der Waals surface area contributed by atoms with Crippen molar-refractivity contribution in [2.24, 2.45) is 0 Å². The Morgan fingerprint density at radius 3 is 2.71 bits per heavy atom. The van der Waals surface area contributed by atoms with Gasteiger partial charge in [0, 0.05) is 36.7 Å². The van der Waals surface area contributed by atoms with Crippen LogP contribution in [0.15, 0.2) is 36.5 Å². The van der Waals surface area contributed by atoms with Gasteiger partial charge in [0.15, 0.2) is 5.65 Å². The lowest BCUT2D eigenvalue weighted by molar-refractivity contribution is -0.111. The quantitative estimate of drug-likeness (QED) is 0.708. The molecule has 0 aliphatic carbocycles. The molecular weight excluding hydrogens is 354 g/mol. The van der Waals surface area contributed by atoms with Gasteiger partial charge in [0.2, 0.25) is 0 Å². The Labute approximate surface area is 165 Å². The van der Waals surface area contributed by atoms with Crippen LogP contribution < -0.4 is 5.32 Å². The predicted molar refractivity (Wildman–Crippen MR) is 109 cm³/mol. The van der Waals surface area contributed by atoms with E-state index in [1.807, 2.05) is 44.2 Å². The lowest BCUT2D eigenvalue weighted by Crippen LogP contribution is -2.45. The molecule has 28 heavy (non-hydrogen) atoms. The van der Waals surface area contributed by atoms with Gasteiger partial charge >= 0.3 is 0 Å². The number of pyridine rings is 1. The van der Waals surface area contributed by atoms with Gasteiger partial charge in [-0.2, -0.15) is 0 Å². The maximum Gasteiger partial charge on any atom is 0.161 e. The Morgan fingerprint density at radius 1 is 1.29 bits per heavy atom. The number of benzene rings is 1. The largest absolute Gasteiger partial charge is 0.380 e. The fourth-order valence-corrected chi connectivity index (χ4v) is 4.13. The molecule has 0 saturated carbocycles. The normalized spacial score (nSPS) is 21.5. The average molecular weight is 381 g/mol. The first kappa shape index (κ1) is 18.9. The van der Waals surface area contributed by atoms with E-state index >= 15 is 0 Å². The van der Waals surface area contributed by atoms with E-state index in [-0.39, 0.29) is 0 Å². The first-order valence-corrected chi connectivity index (χ1v) is 9.64. The van der Waals surface area contributed by atoms with Crippen molar-refractivity contribution in [3.8, 4) is 0 Å². The first-order chi connectivity index (χ1) is 13.5. The minimum Gasteiger partial charge on any atom is -0.380 e. The Bertz CT molecular complexity index is 999. The zero-order valence-corrected chi connectivity index (χ0v) is 16.8. The molecule has 0 spiro atoms. The third-order valence-electron chi connectivity index (χ3n) is 5.65. The number of nitrogens with one attached hydrogen (secondary N) is 1. The number of aryl methyl sites for hydroxylation is 2. The molecule has 0 amide bonds. The number of hydrogen-bond donors (Lipinski definition) is 2. The van der Waals surface area contributed by atoms with Crippen LogP contribution in [0.2, 0.25) is 0 Å². The van der Waals surface area contributed by atoms with E-state index in [1.54, 1.807) is 7.11 Å². The van der Waals surface area contributed by atoms with Crippen LogP contribution in [0.5, 0.6) is 0 Å². The number of ether oxygens (including phenoxy) is 2. The number of anilines is 1. The molecule has 1 aliphatic rings. The van der Waals surface area contributed by atoms with Crippen molar-refractivity contribution in [2.75, 3.05) is 25.6 Å². The number of methoxy groups -OCH3 is 1. The first-order valence-electron chi connectivity index (χ1n) is 9.64. The van der Waals surface area contributed by atoms with Crippen molar-refractivity contribution in [1.29, 1.82) is 0 Å². The summed E-state index contributed by atoms with van der Waals surface area (Å²) in [5, 5.41) is 15.2. The second-order valence-corrected chi connectivity index (χ2v) is 7.33. The van der Waals surface area contributed by atoms with Crippen LogP contribution in [0.4, 0.5) is 5.69 Å². The van der Waals surface area contributed by atoms with Gasteiger partial charge in [-0.3, -0.25) is 0 Å². The third kappa shape index (κ3) is 2.80. The fourth-order valence-electron chi connectivity index (χ4n) is 4.13. The molecule has 0 fully saturated rings. The highest BCUT2D eigenvalue weighted by Gasteiger charge is 2.46. The number of rotatable bonds is 5. The maximum absolute atomic E-state index is 11.7. The van der Waals surface area contributed by atoms with Crippen molar-refractivity contribution < 1.29 is 14.6 Å². The molecule has 4 rings (SSSR count). The van der Waals surface area contributed by atoms with Crippen LogP contribution in [0.1, 0.15) is 41.1 Å². The van der Waals surface area contributed by atoms with Gasteiger partial charge in [0.05, 0.1) is 24.5 Å². The lowest BCUT2D eigenvalue weighted by atomic mass is 9.80. The minimum atomic E-state index is -1.19. The number of imidazole rings is 1. The third-order valence-corrected chi connectivity index (χ3v) is 5.65. The van der Waals surface area contributed by atoms with Crippen LogP contribution in [0.3, 0.4) is 0 Å². The topological polar surface area (TPSA) is 68.0 Å². The van der Waals surface area contributed by atoms with Crippen molar-refractivity contribution in [3.05, 3.63) is 64.6 Å². The van der Waals surface area contributed by atoms with E-state index in [1.165, 1.54) is 0 Å². The molecule has 2 atom stereocenters. The summed E-state index contributed by atoms with van der Waals surface area (Å²) in [6.07, 6.45) is 1.53. The molecule has 0 bridgehead atoms. The van der Waals surface area contributed by atoms with Crippen LogP contribution in [0, 0.1) is 13.8 Å². The zero-order valence-electron chi connectivity index (χ0n) is 16.8. The molecule has 1 aromatic carbocycles. The van der Waals surface area contributed by atoms with E-state index < -0.39 is 11.7 Å². The number of fused-ring (bicyclic) bond motifs is 3. The number of aliphatic hydroxyl groups is 1. The Hall–Kier alpha value is -2.41. The molecule has 6 heteroatoms. The van der Waals surface area contributed by atoms with Gasteiger partial charge in [0.25, 0.3) is 0 Å². The van der Waals surface area contributed by atoms with E-state index in [0.29, 0.717) is 19.8 Å². The van der Waals surface area contributed by atoms with Crippen molar-refractivity contribution in [3.63, 3.8) is 0 Å². The van der Waals surface area contributed by atoms with Crippen LogP contribution in [-0.2, 0) is 21.7 Å². The summed E-state index contributed by atoms with van der Waals surface area (Å²) in [5.41, 5.74) is 5.36. The van der Waals surface area contributed by atoms with Gasteiger partial charge in [0.1, 0.15) is 11.7 Å². The summed E-state index contributed by atoms with van der Waals surface area (Å²) >= 11 is 0. The molecule has 2 N–H and O–H groups in total. The molecule has 148 valence electrons. The van der Waals surface area contributed by atoms with Crippen molar-refractivity contribution in [2.45, 2.75) is 39.1 Å². The molecule has 1 aliphatic heterocycles. The summed E-state index contributed by atoms with van der Waals surface area (Å²) in [4.78, 5) is 4.76. The highest BCUT2D eigenvalue weighted by atomic mass is 16.5. The number of aromatic nitrogens is 2. The smallest absolute Gasteiger partial charge is 0.161 e. The van der Waals surface area contributed by atoms with Crippen LogP contribution in [-0.4, -0.2) is 34.8 Å². The molecule has 0 saturated heterocycles. The van der Waals surface area contributed by atoms with Crippen molar-refractivity contribution in [1.82, 2.24) is 9.38 Å². The molecular formula is C22H27N3O3. The molecule has 0 radical (unpaired) electrons. The van der Waals surface area contributed by atoms with E-state index in [2.05, 4.69) is 22.8 Å². The molecule has 0 unspecified atom stereocenters. The fraction of sp³-hybridized carbons (Fsp3) is 0.409. The lowest BCUT2D eigenvalue weighted by Gasteiger charge is -2.42. The summed E-state index contributed by atoms with van der Waals surface area (Å²) in [6, 6.07) is 9.70. The number of nitrogens with zero attached hydrogens (tertiary/aromatic N) is 2. The molecule has 6 nitrogen and oxygen atoms in total. The second-order valence-electron chi connectivity index (χ2n) is 7.33.